The molecule has 0 fully saturated rings. The molecule has 6 heteroatoms. The maximum Gasteiger partial charge on any atom is 0.272 e. The number of benzene rings is 1. The van der Waals surface area contributed by atoms with Gasteiger partial charge >= 0.3 is 0 Å². The van der Waals surface area contributed by atoms with Gasteiger partial charge in [-0.25, -0.2) is 0 Å². The number of hydrogen-bond acceptors (Lipinski definition) is 4. The van der Waals surface area contributed by atoms with Crippen LogP contribution in [0, 0.1) is 0 Å². The summed E-state index contributed by atoms with van der Waals surface area (Å²) in [6.07, 6.45) is 1.13. The lowest BCUT2D eigenvalue weighted by atomic mass is 9.95. The number of rotatable bonds is 6. The summed E-state index contributed by atoms with van der Waals surface area (Å²) in [6, 6.07) is 11.7. The van der Waals surface area contributed by atoms with Crippen molar-refractivity contribution < 1.29 is 9.90 Å². The second-order valence-electron chi connectivity index (χ2n) is 5.65. The number of aromatic nitrogens is 2. The monoisotopic (exact) mass is 315 g/mol. The fourth-order valence-electron chi connectivity index (χ4n) is 2.20. The molecule has 0 aliphatic heterocycles. The smallest absolute Gasteiger partial charge is 0.272 e. The highest BCUT2D eigenvalue weighted by Gasteiger charge is 2.25. The average molecular weight is 315 g/mol. The van der Waals surface area contributed by atoms with Crippen molar-refractivity contribution in [3.63, 3.8) is 0 Å². The molecule has 6 nitrogen and oxygen atoms in total. The molecule has 1 heterocycles. The highest BCUT2D eigenvalue weighted by molar-refractivity contribution is 5.92. The normalized spacial score (nSPS) is 13.3. The molecule has 1 atom stereocenters. The van der Waals surface area contributed by atoms with Crippen molar-refractivity contribution in [3.8, 4) is 5.69 Å². The SMILES string of the molecule is CCC(C)(CCO)NC(=O)c1ccc(=O)n(-c2ccccc2)n1. The van der Waals surface area contributed by atoms with E-state index >= 15 is 0 Å². The van der Waals surface area contributed by atoms with Crippen molar-refractivity contribution in [2.45, 2.75) is 32.2 Å². The molecule has 1 unspecified atom stereocenters. The van der Waals surface area contributed by atoms with E-state index in [2.05, 4.69) is 10.4 Å². The minimum Gasteiger partial charge on any atom is -0.396 e. The first kappa shape index (κ1) is 16.9. The molecule has 1 aromatic carbocycles. The summed E-state index contributed by atoms with van der Waals surface area (Å²) >= 11 is 0. The van der Waals surface area contributed by atoms with E-state index in [1.54, 1.807) is 24.3 Å². The van der Waals surface area contributed by atoms with E-state index in [1.807, 2.05) is 19.9 Å². The van der Waals surface area contributed by atoms with Gasteiger partial charge in [0, 0.05) is 18.2 Å². The molecule has 1 aromatic heterocycles. The molecule has 0 saturated heterocycles. The highest BCUT2D eigenvalue weighted by atomic mass is 16.3. The summed E-state index contributed by atoms with van der Waals surface area (Å²) in [5, 5.41) is 16.2. The molecular formula is C17H21N3O3. The van der Waals surface area contributed by atoms with Crippen LogP contribution in [0.3, 0.4) is 0 Å². The zero-order valence-corrected chi connectivity index (χ0v) is 13.3. The van der Waals surface area contributed by atoms with E-state index in [4.69, 9.17) is 5.11 Å². The van der Waals surface area contributed by atoms with Gasteiger partial charge in [0.1, 0.15) is 5.69 Å². The number of amides is 1. The van der Waals surface area contributed by atoms with E-state index in [-0.39, 0.29) is 23.8 Å². The quantitative estimate of drug-likeness (QED) is 0.846. The van der Waals surface area contributed by atoms with E-state index < -0.39 is 5.54 Å². The van der Waals surface area contributed by atoms with Gasteiger partial charge in [-0.3, -0.25) is 9.59 Å². The Kier molecular flexibility index (Phi) is 5.28. The second-order valence-corrected chi connectivity index (χ2v) is 5.65. The highest BCUT2D eigenvalue weighted by Crippen LogP contribution is 2.14. The van der Waals surface area contributed by atoms with Crippen LogP contribution in [0.4, 0.5) is 0 Å². The fourth-order valence-corrected chi connectivity index (χ4v) is 2.20. The lowest BCUT2D eigenvalue weighted by molar-refractivity contribution is 0.0879. The zero-order chi connectivity index (χ0) is 16.9. The standard InChI is InChI=1S/C17H21N3O3/c1-3-17(2,11-12-21)18-16(23)14-9-10-15(22)20(19-14)13-7-5-4-6-8-13/h4-10,21H,3,11-12H2,1-2H3,(H,18,23). The molecule has 0 radical (unpaired) electrons. The number of hydrogen-bond donors (Lipinski definition) is 2. The van der Waals surface area contributed by atoms with Gasteiger partial charge in [-0.1, -0.05) is 25.1 Å². The summed E-state index contributed by atoms with van der Waals surface area (Å²) in [5.41, 5.74) is -0.0606. The lowest BCUT2D eigenvalue weighted by Gasteiger charge is -2.28. The minimum absolute atomic E-state index is 0.0123. The number of nitrogens with zero attached hydrogens (tertiary/aromatic N) is 2. The van der Waals surface area contributed by atoms with Gasteiger partial charge < -0.3 is 10.4 Å². The van der Waals surface area contributed by atoms with Crippen molar-refractivity contribution in [3.05, 3.63) is 58.5 Å². The molecule has 1 amide bonds. The number of nitrogens with one attached hydrogen (secondary N) is 1. The van der Waals surface area contributed by atoms with Crippen LogP contribution in [-0.2, 0) is 0 Å². The van der Waals surface area contributed by atoms with Crippen LogP contribution in [0.15, 0.2) is 47.3 Å². The Labute approximate surface area is 134 Å². The van der Waals surface area contributed by atoms with Crippen molar-refractivity contribution in [1.82, 2.24) is 15.1 Å². The van der Waals surface area contributed by atoms with Gasteiger partial charge in [0.25, 0.3) is 11.5 Å². The second kappa shape index (κ2) is 7.19. The van der Waals surface area contributed by atoms with Crippen molar-refractivity contribution in [2.75, 3.05) is 6.61 Å². The number of carbonyl (C=O) groups is 1. The van der Waals surface area contributed by atoms with E-state index in [9.17, 15) is 9.59 Å². The third-order valence-electron chi connectivity index (χ3n) is 3.89. The van der Waals surface area contributed by atoms with Crippen molar-refractivity contribution in [2.24, 2.45) is 0 Å². The van der Waals surface area contributed by atoms with Gasteiger partial charge in [0.05, 0.1) is 5.69 Å². The van der Waals surface area contributed by atoms with E-state index in [0.29, 0.717) is 18.5 Å². The Morgan fingerprint density at radius 3 is 2.57 bits per heavy atom. The van der Waals surface area contributed by atoms with Crippen molar-refractivity contribution in [1.29, 1.82) is 0 Å². The van der Waals surface area contributed by atoms with Gasteiger partial charge in [0.2, 0.25) is 0 Å². The number of para-hydroxylation sites is 1. The summed E-state index contributed by atoms with van der Waals surface area (Å²) in [7, 11) is 0. The lowest BCUT2D eigenvalue weighted by Crippen LogP contribution is -2.46. The largest absolute Gasteiger partial charge is 0.396 e. The number of aliphatic hydroxyl groups is 1. The topological polar surface area (TPSA) is 84.2 Å². The zero-order valence-electron chi connectivity index (χ0n) is 13.3. The van der Waals surface area contributed by atoms with Crippen LogP contribution in [0.25, 0.3) is 5.69 Å². The molecule has 2 aromatic rings. The maximum absolute atomic E-state index is 12.4. The van der Waals surface area contributed by atoms with Crippen LogP contribution in [0.1, 0.15) is 37.2 Å². The summed E-state index contributed by atoms with van der Waals surface area (Å²) in [4.78, 5) is 24.4. The third kappa shape index (κ3) is 4.04. The van der Waals surface area contributed by atoms with Gasteiger partial charge in [-0.15, -0.1) is 0 Å². The number of aliphatic hydroxyl groups excluding tert-OH is 1. The van der Waals surface area contributed by atoms with E-state index in [0.717, 1.165) is 0 Å². The Hall–Kier alpha value is -2.47. The third-order valence-corrected chi connectivity index (χ3v) is 3.89. The number of carbonyl (C=O) groups excluding carboxylic acids is 1. The predicted octanol–water partition coefficient (Wildman–Crippen LogP) is 1.51. The Balaban J connectivity index is 2.31. The predicted molar refractivity (Wildman–Crippen MR) is 87.7 cm³/mol. The summed E-state index contributed by atoms with van der Waals surface area (Å²) in [6.45, 7) is 3.80. The molecule has 0 aliphatic rings. The van der Waals surface area contributed by atoms with Gasteiger partial charge in [-0.05, 0) is 38.0 Å². The van der Waals surface area contributed by atoms with Crippen LogP contribution < -0.4 is 10.9 Å². The molecule has 0 spiro atoms. The first-order valence-corrected chi connectivity index (χ1v) is 7.58. The van der Waals surface area contributed by atoms with Crippen LogP contribution in [0.2, 0.25) is 0 Å². The average Bonchev–Trinajstić information content (AvgIpc) is 2.56. The molecule has 23 heavy (non-hydrogen) atoms. The Morgan fingerprint density at radius 1 is 1.26 bits per heavy atom. The van der Waals surface area contributed by atoms with Gasteiger partial charge in [0.15, 0.2) is 0 Å². The molecule has 0 aliphatic carbocycles. The van der Waals surface area contributed by atoms with Crippen LogP contribution in [0.5, 0.6) is 0 Å². The molecule has 0 bridgehead atoms. The molecule has 0 saturated carbocycles. The first-order valence-electron chi connectivity index (χ1n) is 7.58. The van der Waals surface area contributed by atoms with Crippen LogP contribution in [-0.4, -0.2) is 32.9 Å². The first-order chi connectivity index (χ1) is 11.0. The van der Waals surface area contributed by atoms with Gasteiger partial charge in [-0.2, -0.15) is 9.78 Å². The maximum atomic E-state index is 12.4. The fraction of sp³-hybridized carbons (Fsp3) is 0.353. The van der Waals surface area contributed by atoms with Crippen LogP contribution >= 0.6 is 0 Å². The Morgan fingerprint density at radius 2 is 1.96 bits per heavy atom. The van der Waals surface area contributed by atoms with Crippen molar-refractivity contribution >= 4 is 5.91 Å². The molecular weight excluding hydrogens is 294 g/mol. The molecule has 2 N–H and O–H groups in total. The summed E-state index contributed by atoms with van der Waals surface area (Å²) in [5.74, 6) is -0.368. The summed E-state index contributed by atoms with van der Waals surface area (Å²) < 4.78 is 1.20. The minimum atomic E-state index is -0.513. The van der Waals surface area contributed by atoms with E-state index in [1.165, 1.54) is 16.8 Å². The Bertz CT molecular complexity index is 727. The molecule has 2 rings (SSSR count). The molecule has 122 valence electrons.